The van der Waals surface area contributed by atoms with E-state index in [1.807, 2.05) is 50.2 Å². The van der Waals surface area contributed by atoms with Crippen molar-refractivity contribution in [1.82, 2.24) is 4.90 Å². The Morgan fingerprint density at radius 3 is 2.50 bits per heavy atom. The molecule has 0 N–H and O–H groups in total. The maximum Gasteiger partial charge on any atom is 0.256 e. The Balaban J connectivity index is 0.000000693. The van der Waals surface area contributed by atoms with Crippen molar-refractivity contribution in [3.8, 4) is 0 Å². The highest BCUT2D eigenvalue weighted by Crippen LogP contribution is 2.39. The van der Waals surface area contributed by atoms with Gasteiger partial charge in [-0.05, 0) is 34.7 Å². The molecule has 2 aromatic rings. The van der Waals surface area contributed by atoms with Crippen molar-refractivity contribution < 1.29 is 9.59 Å². The molecule has 1 amide bonds. The largest absolute Gasteiger partial charge is 0.318 e. The molecule has 0 radical (unpaired) electrons. The minimum atomic E-state index is -0.317. The summed E-state index contributed by atoms with van der Waals surface area (Å²) in [5.74, 6) is 0.824. The van der Waals surface area contributed by atoms with Gasteiger partial charge in [0.25, 0.3) is 5.91 Å². The molecule has 4 rings (SSSR count). The Hall–Kier alpha value is -1.46. The van der Waals surface area contributed by atoms with E-state index in [0.29, 0.717) is 12.1 Å². The second kappa shape index (κ2) is 6.34. The number of benzene rings is 2. The Labute approximate surface area is 138 Å². The average Bonchev–Trinajstić information content (AvgIpc) is 3.02. The van der Waals surface area contributed by atoms with Gasteiger partial charge in [0, 0.05) is 17.2 Å². The zero-order chi connectivity index (χ0) is 15.7. The maximum atomic E-state index is 12.7. The summed E-state index contributed by atoms with van der Waals surface area (Å²) in [6.45, 7) is 4.66. The molecule has 2 aliphatic rings. The Bertz CT molecular complexity index is 745. The van der Waals surface area contributed by atoms with Crippen LogP contribution in [0.15, 0.2) is 41.3 Å². The topological polar surface area (TPSA) is 37.4 Å². The van der Waals surface area contributed by atoms with Crippen molar-refractivity contribution in [3.05, 3.63) is 42.0 Å². The molecule has 114 valence electrons. The molecule has 2 aliphatic heterocycles. The lowest BCUT2D eigenvalue weighted by Crippen LogP contribution is -2.36. The van der Waals surface area contributed by atoms with E-state index >= 15 is 0 Å². The van der Waals surface area contributed by atoms with Crippen LogP contribution in [0.25, 0.3) is 10.8 Å². The summed E-state index contributed by atoms with van der Waals surface area (Å²) in [5.41, 5.74) is 0.659. The van der Waals surface area contributed by atoms with Crippen LogP contribution in [-0.2, 0) is 4.79 Å². The van der Waals surface area contributed by atoms with Crippen LogP contribution >= 0.6 is 23.5 Å². The van der Waals surface area contributed by atoms with Crippen LogP contribution in [0.1, 0.15) is 24.2 Å². The van der Waals surface area contributed by atoms with Crippen LogP contribution in [-0.4, -0.2) is 33.6 Å². The van der Waals surface area contributed by atoms with Gasteiger partial charge in [-0.15, -0.1) is 11.8 Å². The number of hydrogen-bond acceptors (Lipinski definition) is 4. The summed E-state index contributed by atoms with van der Waals surface area (Å²) in [7, 11) is 0. The van der Waals surface area contributed by atoms with Crippen molar-refractivity contribution in [1.29, 1.82) is 0 Å². The molecule has 3 nitrogen and oxygen atoms in total. The van der Waals surface area contributed by atoms with Crippen molar-refractivity contribution >= 4 is 45.3 Å². The lowest BCUT2D eigenvalue weighted by Gasteiger charge is -2.19. The standard InChI is InChI=1S/C15H11NO2S2.C2H6/c17-13-11-7-9-3-1-2-4-10(9)8-12(11)20-15(18)14-16(13)5-6-19-14;1-2/h1-4,7-8,14H,5-6H2;1-2H3. The van der Waals surface area contributed by atoms with E-state index in [0.717, 1.165) is 21.4 Å². The van der Waals surface area contributed by atoms with Gasteiger partial charge in [0.1, 0.15) is 5.37 Å². The summed E-state index contributed by atoms with van der Waals surface area (Å²) in [6.07, 6.45) is 0. The van der Waals surface area contributed by atoms with Gasteiger partial charge >= 0.3 is 0 Å². The van der Waals surface area contributed by atoms with Gasteiger partial charge in [-0.25, -0.2) is 0 Å². The number of carbonyl (C=O) groups excluding carboxylic acids is 2. The molecule has 22 heavy (non-hydrogen) atoms. The van der Waals surface area contributed by atoms with Gasteiger partial charge in [-0.3, -0.25) is 9.59 Å². The summed E-state index contributed by atoms with van der Waals surface area (Å²) < 4.78 is 0. The minimum Gasteiger partial charge on any atom is -0.318 e. The van der Waals surface area contributed by atoms with Crippen molar-refractivity contribution in [3.63, 3.8) is 0 Å². The second-order valence-electron chi connectivity index (χ2n) is 4.84. The molecular weight excluding hydrogens is 314 g/mol. The third kappa shape index (κ3) is 2.52. The number of thioether (sulfide) groups is 2. The molecule has 2 heterocycles. The van der Waals surface area contributed by atoms with E-state index < -0.39 is 0 Å². The van der Waals surface area contributed by atoms with E-state index in [2.05, 4.69) is 0 Å². The molecule has 0 spiro atoms. The predicted molar refractivity (Wildman–Crippen MR) is 93.4 cm³/mol. The van der Waals surface area contributed by atoms with Gasteiger partial charge < -0.3 is 4.90 Å². The molecule has 0 aromatic heterocycles. The van der Waals surface area contributed by atoms with Crippen LogP contribution in [0.4, 0.5) is 0 Å². The molecule has 2 aromatic carbocycles. The number of carbonyl (C=O) groups is 2. The van der Waals surface area contributed by atoms with Gasteiger partial charge in [-0.1, -0.05) is 38.1 Å². The molecule has 1 unspecified atom stereocenters. The zero-order valence-corrected chi connectivity index (χ0v) is 14.2. The van der Waals surface area contributed by atoms with Crippen molar-refractivity contribution in [2.75, 3.05) is 12.3 Å². The number of rotatable bonds is 0. The highest BCUT2D eigenvalue weighted by molar-refractivity contribution is 8.16. The molecular formula is C17H17NO2S2. The SMILES string of the molecule is CC.O=C1Sc2cc3ccccc3cc2C(=O)N2CCSC12. The first-order valence-corrected chi connectivity index (χ1v) is 9.27. The lowest BCUT2D eigenvalue weighted by molar-refractivity contribution is -0.112. The average molecular weight is 331 g/mol. The quantitative estimate of drug-likeness (QED) is 0.731. The first-order valence-electron chi connectivity index (χ1n) is 7.41. The van der Waals surface area contributed by atoms with Gasteiger partial charge in [0.15, 0.2) is 0 Å². The highest BCUT2D eigenvalue weighted by atomic mass is 32.2. The second-order valence-corrected chi connectivity index (χ2v) is 7.07. The molecule has 5 heteroatoms. The Morgan fingerprint density at radius 1 is 1.09 bits per heavy atom. The van der Waals surface area contributed by atoms with Crippen molar-refractivity contribution in [2.45, 2.75) is 24.1 Å². The minimum absolute atomic E-state index is 0.0147. The molecule has 0 aliphatic carbocycles. The third-order valence-corrected chi connectivity index (χ3v) is 5.98. The van der Waals surface area contributed by atoms with E-state index in [-0.39, 0.29) is 16.4 Å². The fourth-order valence-corrected chi connectivity index (χ4v) is 4.94. The molecule has 1 atom stereocenters. The highest BCUT2D eigenvalue weighted by Gasteiger charge is 2.39. The van der Waals surface area contributed by atoms with E-state index in [1.165, 1.54) is 11.8 Å². The predicted octanol–water partition coefficient (Wildman–Crippen LogP) is 4.01. The molecule has 0 bridgehead atoms. The third-order valence-electron chi connectivity index (χ3n) is 3.64. The van der Waals surface area contributed by atoms with Gasteiger partial charge in [0.05, 0.1) is 5.56 Å². The molecule has 1 saturated heterocycles. The normalized spacial score (nSPS) is 20.1. The summed E-state index contributed by atoms with van der Waals surface area (Å²) in [4.78, 5) is 27.4. The van der Waals surface area contributed by atoms with Crippen LogP contribution in [0.2, 0.25) is 0 Å². The van der Waals surface area contributed by atoms with E-state index in [4.69, 9.17) is 0 Å². The maximum absolute atomic E-state index is 12.7. The Morgan fingerprint density at radius 2 is 1.77 bits per heavy atom. The van der Waals surface area contributed by atoms with Crippen LogP contribution < -0.4 is 0 Å². The van der Waals surface area contributed by atoms with E-state index in [9.17, 15) is 9.59 Å². The first kappa shape index (κ1) is 15.4. The van der Waals surface area contributed by atoms with Crippen LogP contribution in [0, 0.1) is 0 Å². The first-order chi connectivity index (χ1) is 10.7. The van der Waals surface area contributed by atoms with Gasteiger partial charge in [0.2, 0.25) is 5.12 Å². The van der Waals surface area contributed by atoms with Crippen LogP contribution in [0.3, 0.4) is 0 Å². The number of amides is 1. The molecule has 0 saturated carbocycles. The van der Waals surface area contributed by atoms with E-state index in [1.54, 1.807) is 16.7 Å². The number of fused-ring (bicyclic) bond motifs is 3. The zero-order valence-electron chi connectivity index (χ0n) is 12.5. The number of nitrogens with zero attached hydrogens (tertiary/aromatic N) is 1. The summed E-state index contributed by atoms with van der Waals surface area (Å²) >= 11 is 2.77. The summed E-state index contributed by atoms with van der Waals surface area (Å²) in [5, 5.41) is 1.85. The fourth-order valence-electron chi connectivity index (χ4n) is 2.66. The summed E-state index contributed by atoms with van der Waals surface area (Å²) in [6, 6.07) is 11.8. The van der Waals surface area contributed by atoms with Crippen molar-refractivity contribution in [2.24, 2.45) is 0 Å². The number of hydrogen-bond donors (Lipinski definition) is 0. The van der Waals surface area contributed by atoms with Gasteiger partial charge in [-0.2, -0.15) is 0 Å². The Kier molecular flexibility index (Phi) is 4.45. The lowest BCUT2D eigenvalue weighted by atomic mass is 10.1. The molecule has 1 fully saturated rings. The fraction of sp³-hybridized carbons (Fsp3) is 0.294. The monoisotopic (exact) mass is 331 g/mol. The smallest absolute Gasteiger partial charge is 0.256 e. The van der Waals surface area contributed by atoms with Crippen LogP contribution in [0.5, 0.6) is 0 Å².